The van der Waals surface area contributed by atoms with Crippen LogP contribution in [0.3, 0.4) is 0 Å². The summed E-state index contributed by atoms with van der Waals surface area (Å²) in [6, 6.07) is 13.7. The van der Waals surface area contributed by atoms with E-state index in [0.717, 1.165) is 31.9 Å². The van der Waals surface area contributed by atoms with Crippen molar-refractivity contribution in [2.75, 3.05) is 44.7 Å². The molecule has 6 heteroatoms. The van der Waals surface area contributed by atoms with Crippen LogP contribution in [0.15, 0.2) is 48.5 Å². The summed E-state index contributed by atoms with van der Waals surface area (Å²) in [5.74, 6) is -0.0307. The predicted octanol–water partition coefficient (Wildman–Crippen LogP) is 2.31. The van der Waals surface area contributed by atoms with E-state index in [1.54, 1.807) is 42.3 Å². The van der Waals surface area contributed by atoms with Crippen LogP contribution < -0.4 is 4.90 Å². The van der Waals surface area contributed by atoms with Crippen LogP contribution in [-0.2, 0) is 11.3 Å². The summed E-state index contributed by atoms with van der Waals surface area (Å²) < 4.78 is 13.7. The number of nitrogens with zero attached hydrogens (tertiary/aromatic N) is 3. The van der Waals surface area contributed by atoms with E-state index in [1.807, 2.05) is 12.1 Å². The van der Waals surface area contributed by atoms with E-state index >= 15 is 0 Å². The van der Waals surface area contributed by atoms with Gasteiger partial charge in [-0.05, 0) is 30.3 Å². The minimum atomic E-state index is -0.283. The fraction of sp³-hybridized carbons (Fsp3) is 0.350. The van der Waals surface area contributed by atoms with E-state index in [1.165, 1.54) is 6.07 Å². The topological polar surface area (TPSA) is 47.0 Å². The molecule has 0 atom stereocenters. The number of hydrogen-bond acceptors (Lipinski definition) is 4. The molecule has 0 saturated carbocycles. The highest BCUT2D eigenvalue weighted by Gasteiger charge is 2.21. The van der Waals surface area contributed by atoms with E-state index in [4.69, 9.17) is 0 Å². The first kappa shape index (κ1) is 18.2. The molecule has 0 radical (unpaired) electrons. The van der Waals surface area contributed by atoms with Crippen molar-refractivity contribution in [2.24, 2.45) is 0 Å². The van der Waals surface area contributed by atoms with Crippen molar-refractivity contribution in [1.82, 2.24) is 9.80 Å². The summed E-state index contributed by atoms with van der Waals surface area (Å²) in [6.07, 6.45) is 0. The van der Waals surface area contributed by atoms with Gasteiger partial charge in [0.2, 0.25) is 5.91 Å². The van der Waals surface area contributed by atoms with Gasteiger partial charge in [0, 0.05) is 51.0 Å². The molecule has 1 saturated heterocycles. The Labute approximate surface area is 153 Å². The smallest absolute Gasteiger partial charge is 0.236 e. The number of benzene rings is 2. The molecule has 0 bridgehead atoms. The van der Waals surface area contributed by atoms with Gasteiger partial charge in [-0.2, -0.15) is 0 Å². The van der Waals surface area contributed by atoms with Gasteiger partial charge in [0.25, 0.3) is 0 Å². The zero-order valence-electron chi connectivity index (χ0n) is 14.9. The number of carbonyl (C=O) groups excluding carboxylic acids is 1. The summed E-state index contributed by atoms with van der Waals surface area (Å²) in [5.41, 5.74) is 1.60. The lowest BCUT2D eigenvalue weighted by atomic mass is 10.2. The third-order valence-corrected chi connectivity index (χ3v) is 4.74. The van der Waals surface area contributed by atoms with Gasteiger partial charge >= 0.3 is 0 Å². The van der Waals surface area contributed by atoms with Crippen molar-refractivity contribution in [3.8, 4) is 5.75 Å². The SMILES string of the molecule is CN(Cc1ccccc1F)C(=O)CN1CCN(c2ccc(O)cc2)CC1. The van der Waals surface area contributed by atoms with Crippen LogP contribution in [0, 0.1) is 5.82 Å². The van der Waals surface area contributed by atoms with Gasteiger partial charge in [-0.15, -0.1) is 0 Å². The Hall–Kier alpha value is -2.60. The maximum Gasteiger partial charge on any atom is 0.236 e. The second-order valence-corrected chi connectivity index (χ2v) is 6.62. The molecule has 2 aromatic carbocycles. The molecule has 0 aliphatic carbocycles. The van der Waals surface area contributed by atoms with Crippen molar-refractivity contribution in [3.05, 3.63) is 59.9 Å². The number of phenolic OH excluding ortho intramolecular Hbond substituents is 1. The molecular weight excluding hydrogens is 333 g/mol. The molecule has 1 aliphatic rings. The number of aromatic hydroxyl groups is 1. The number of carbonyl (C=O) groups is 1. The maximum atomic E-state index is 13.7. The second kappa shape index (κ2) is 8.19. The highest BCUT2D eigenvalue weighted by Crippen LogP contribution is 2.19. The molecule has 0 unspecified atom stereocenters. The molecule has 26 heavy (non-hydrogen) atoms. The highest BCUT2D eigenvalue weighted by atomic mass is 19.1. The Morgan fingerprint density at radius 3 is 2.38 bits per heavy atom. The Bertz CT molecular complexity index is 743. The average molecular weight is 357 g/mol. The molecule has 1 fully saturated rings. The number of likely N-dealkylation sites (N-methyl/N-ethyl adjacent to an activating group) is 1. The molecule has 5 nitrogen and oxygen atoms in total. The molecule has 1 amide bonds. The molecule has 0 spiro atoms. The molecule has 1 aliphatic heterocycles. The van der Waals surface area contributed by atoms with Crippen LogP contribution in [0.2, 0.25) is 0 Å². The molecule has 1 heterocycles. The highest BCUT2D eigenvalue weighted by molar-refractivity contribution is 5.78. The number of hydrogen-bond donors (Lipinski definition) is 1. The van der Waals surface area contributed by atoms with E-state index in [2.05, 4.69) is 9.80 Å². The minimum absolute atomic E-state index is 0.00802. The van der Waals surface area contributed by atoms with Gasteiger partial charge in [-0.1, -0.05) is 18.2 Å². The summed E-state index contributed by atoms with van der Waals surface area (Å²) in [4.78, 5) is 18.4. The van der Waals surface area contributed by atoms with Gasteiger partial charge in [0.1, 0.15) is 11.6 Å². The Balaban J connectivity index is 1.48. The van der Waals surface area contributed by atoms with Crippen LogP contribution in [-0.4, -0.2) is 60.6 Å². The summed E-state index contributed by atoms with van der Waals surface area (Å²) in [7, 11) is 1.71. The molecule has 1 N–H and O–H groups in total. The van der Waals surface area contributed by atoms with E-state index in [-0.39, 0.29) is 24.0 Å². The molecular formula is C20H24FN3O2. The maximum absolute atomic E-state index is 13.7. The number of halogens is 1. The Kier molecular flexibility index (Phi) is 5.73. The second-order valence-electron chi connectivity index (χ2n) is 6.62. The Morgan fingerprint density at radius 1 is 1.08 bits per heavy atom. The third-order valence-electron chi connectivity index (χ3n) is 4.74. The molecule has 138 valence electrons. The van der Waals surface area contributed by atoms with Gasteiger partial charge in [0.05, 0.1) is 6.54 Å². The lowest BCUT2D eigenvalue weighted by molar-refractivity contribution is -0.131. The number of phenols is 1. The molecule has 0 aromatic heterocycles. The van der Waals surface area contributed by atoms with Gasteiger partial charge in [0.15, 0.2) is 0 Å². The van der Waals surface area contributed by atoms with Crippen molar-refractivity contribution in [3.63, 3.8) is 0 Å². The fourth-order valence-corrected chi connectivity index (χ4v) is 3.11. The van der Waals surface area contributed by atoms with Crippen molar-refractivity contribution < 1.29 is 14.3 Å². The number of anilines is 1. The number of piperazine rings is 1. The first-order chi connectivity index (χ1) is 12.5. The zero-order valence-corrected chi connectivity index (χ0v) is 14.9. The monoisotopic (exact) mass is 357 g/mol. The van der Waals surface area contributed by atoms with Crippen molar-refractivity contribution in [1.29, 1.82) is 0 Å². The van der Waals surface area contributed by atoms with Gasteiger partial charge < -0.3 is 14.9 Å². The third kappa shape index (κ3) is 4.52. The fourth-order valence-electron chi connectivity index (χ4n) is 3.11. The molecule has 2 aromatic rings. The van der Waals surface area contributed by atoms with Crippen LogP contribution >= 0.6 is 0 Å². The number of amides is 1. The summed E-state index contributed by atoms with van der Waals surface area (Å²) in [6.45, 7) is 3.86. The van der Waals surface area contributed by atoms with E-state index < -0.39 is 0 Å². The summed E-state index contributed by atoms with van der Waals surface area (Å²) >= 11 is 0. The largest absolute Gasteiger partial charge is 0.508 e. The van der Waals surface area contributed by atoms with Crippen LogP contribution in [0.5, 0.6) is 5.75 Å². The lowest BCUT2D eigenvalue weighted by Crippen LogP contribution is -2.49. The quantitative estimate of drug-likeness (QED) is 0.892. The van der Waals surface area contributed by atoms with Crippen LogP contribution in [0.4, 0.5) is 10.1 Å². The van der Waals surface area contributed by atoms with Crippen LogP contribution in [0.1, 0.15) is 5.56 Å². The first-order valence-corrected chi connectivity index (χ1v) is 8.76. The minimum Gasteiger partial charge on any atom is -0.508 e. The Morgan fingerprint density at radius 2 is 1.73 bits per heavy atom. The van der Waals surface area contributed by atoms with Crippen molar-refractivity contribution in [2.45, 2.75) is 6.54 Å². The lowest BCUT2D eigenvalue weighted by Gasteiger charge is -2.36. The van der Waals surface area contributed by atoms with E-state index in [9.17, 15) is 14.3 Å². The average Bonchev–Trinajstić information content (AvgIpc) is 2.65. The van der Waals surface area contributed by atoms with Crippen LogP contribution in [0.25, 0.3) is 0 Å². The van der Waals surface area contributed by atoms with Gasteiger partial charge in [-0.25, -0.2) is 4.39 Å². The molecule has 3 rings (SSSR count). The standard InChI is InChI=1S/C20H24FN3O2/c1-22(14-16-4-2-3-5-19(16)21)20(26)15-23-10-12-24(13-11-23)17-6-8-18(25)9-7-17/h2-9,25H,10-15H2,1H3. The van der Waals surface area contributed by atoms with Gasteiger partial charge in [-0.3, -0.25) is 9.69 Å². The van der Waals surface area contributed by atoms with E-state index in [0.29, 0.717) is 12.1 Å². The summed E-state index contributed by atoms with van der Waals surface area (Å²) in [5, 5.41) is 9.38. The normalized spacial score (nSPS) is 15.1. The first-order valence-electron chi connectivity index (χ1n) is 8.76. The van der Waals surface area contributed by atoms with Crippen molar-refractivity contribution >= 4 is 11.6 Å². The predicted molar refractivity (Wildman–Crippen MR) is 99.6 cm³/mol. The number of rotatable bonds is 5. The zero-order chi connectivity index (χ0) is 18.5.